The third-order valence-electron chi connectivity index (χ3n) is 2.88. The van der Waals surface area contributed by atoms with Crippen LogP contribution in [0.25, 0.3) is 0 Å². The summed E-state index contributed by atoms with van der Waals surface area (Å²) in [6, 6.07) is -0.0384. The number of nitrogens with zero attached hydrogens (tertiary/aromatic N) is 2. The first-order valence-electron chi connectivity index (χ1n) is 5.73. The molecule has 94 valence electrons. The Kier molecular flexibility index (Phi) is 3.33. The number of sulfone groups is 1. The van der Waals surface area contributed by atoms with Crippen molar-refractivity contribution < 1.29 is 8.42 Å². The first kappa shape index (κ1) is 12.3. The summed E-state index contributed by atoms with van der Waals surface area (Å²) in [4.78, 5) is 8.55. The van der Waals surface area contributed by atoms with E-state index in [2.05, 4.69) is 15.3 Å². The van der Waals surface area contributed by atoms with Crippen LogP contribution in [0.4, 0.5) is 5.82 Å². The van der Waals surface area contributed by atoms with Crippen molar-refractivity contribution in [2.24, 2.45) is 0 Å². The number of rotatable bonds is 2. The monoisotopic (exact) mass is 255 g/mol. The highest BCUT2D eigenvalue weighted by Gasteiger charge is 2.25. The van der Waals surface area contributed by atoms with Crippen LogP contribution in [0.2, 0.25) is 0 Å². The average molecular weight is 255 g/mol. The quantitative estimate of drug-likeness (QED) is 0.856. The number of nitrogens with one attached hydrogen (secondary N) is 1. The number of hydrogen-bond donors (Lipinski definition) is 1. The molecule has 1 saturated heterocycles. The van der Waals surface area contributed by atoms with E-state index in [1.807, 2.05) is 13.8 Å². The second-order valence-corrected chi connectivity index (χ2v) is 6.77. The number of aromatic nitrogens is 2. The molecule has 5 nitrogen and oxygen atoms in total. The second kappa shape index (κ2) is 4.60. The molecule has 6 heteroatoms. The minimum atomic E-state index is -2.89. The van der Waals surface area contributed by atoms with Crippen molar-refractivity contribution in [3.63, 3.8) is 0 Å². The third-order valence-corrected chi connectivity index (χ3v) is 4.70. The van der Waals surface area contributed by atoms with Gasteiger partial charge in [0.25, 0.3) is 0 Å². The fraction of sp³-hybridized carbons (Fsp3) is 0.636. The molecule has 0 radical (unpaired) electrons. The smallest absolute Gasteiger partial charge is 0.152 e. The van der Waals surface area contributed by atoms with Crippen molar-refractivity contribution in [2.45, 2.75) is 32.7 Å². The van der Waals surface area contributed by atoms with Gasteiger partial charge in [0.15, 0.2) is 9.84 Å². The molecule has 2 rings (SSSR count). The Balaban J connectivity index is 2.13. The molecule has 1 atom stereocenters. The molecule has 1 aromatic rings. The van der Waals surface area contributed by atoms with Gasteiger partial charge >= 0.3 is 0 Å². The molecule has 1 aliphatic rings. The zero-order valence-electron chi connectivity index (χ0n) is 10.1. The Morgan fingerprint density at radius 1 is 1.41 bits per heavy atom. The Labute approximate surface area is 102 Å². The average Bonchev–Trinajstić information content (AvgIpc) is 2.22. The molecular weight excluding hydrogens is 238 g/mol. The molecule has 1 aliphatic heterocycles. The van der Waals surface area contributed by atoms with Crippen molar-refractivity contribution in [1.82, 2.24) is 9.97 Å². The largest absolute Gasteiger partial charge is 0.365 e. The minimum Gasteiger partial charge on any atom is -0.365 e. The molecular formula is C11H17N3O2S. The van der Waals surface area contributed by atoms with Crippen molar-refractivity contribution in [3.8, 4) is 0 Å². The molecule has 1 fully saturated rings. The van der Waals surface area contributed by atoms with Gasteiger partial charge in [0.1, 0.15) is 5.82 Å². The van der Waals surface area contributed by atoms with E-state index >= 15 is 0 Å². The molecule has 0 saturated carbocycles. The second-order valence-electron chi connectivity index (χ2n) is 4.54. The van der Waals surface area contributed by atoms with E-state index in [4.69, 9.17) is 0 Å². The van der Waals surface area contributed by atoms with Crippen LogP contribution < -0.4 is 5.32 Å². The summed E-state index contributed by atoms with van der Waals surface area (Å²) in [5.74, 6) is 1.21. The highest BCUT2D eigenvalue weighted by atomic mass is 32.2. The van der Waals surface area contributed by atoms with Crippen LogP contribution in [0.5, 0.6) is 0 Å². The summed E-state index contributed by atoms with van der Waals surface area (Å²) in [7, 11) is -2.89. The van der Waals surface area contributed by atoms with Crippen LogP contribution in [-0.2, 0) is 9.84 Å². The zero-order valence-corrected chi connectivity index (χ0v) is 10.9. The van der Waals surface area contributed by atoms with Gasteiger partial charge in [-0.25, -0.2) is 13.4 Å². The van der Waals surface area contributed by atoms with Crippen molar-refractivity contribution in [1.29, 1.82) is 0 Å². The van der Waals surface area contributed by atoms with Gasteiger partial charge in [0.2, 0.25) is 0 Å². The summed E-state index contributed by atoms with van der Waals surface area (Å²) in [5.41, 5.74) is 1.63. The molecule has 2 heterocycles. The lowest BCUT2D eigenvalue weighted by molar-refractivity contribution is 0.561. The van der Waals surface area contributed by atoms with E-state index in [1.165, 1.54) is 0 Å². The molecule has 1 N–H and O–H groups in total. The summed E-state index contributed by atoms with van der Waals surface area (Å²) in [6.45, 7) is 3.74. The van der Waals surface area contributed by atoms with Crippen LogP contribution in [0.3, 0.4) is 0 Å². The van der Waals surface area contributed by atoms with Gasteiger partial charge in [-0.05, 0) is 26.7 Å². The lowest BCUT2D eigenvalue weighted by atomic mass is 10.2. The Morgan fingerprint density at radius 2 is 2.18 bits per heavy atom. The Hall–Kier alpha value is -1.17. The van der Waals surface area contributed by atoms with Gasteiger partial charge in [0, 0.05) is 12.2 Å². The van der Waals surface area contributed by atoms with Crippen LogP contribution >= 0.6 is 0 Å². The minimum absolute atomic E-state index is 0.0384. The number of aryl methyl sites for hydroxylation is 2. The van der Waals surface area contributed by atoms with E-state index in [-0.39, 0.29) is 11.8 Å². The van der Waals surface area contributed by atoms with Gasteiger partial charge in [-0.1, -0.05) is 0 Å². The predicted octanol–water partition coefficient (Wildman–Crippen LogP) is 1.08. The number of hydrogen-bond acceptors (Lipinski definition) is 5. The summed E-state index contributed by atoms with van der Waals surface area (Å²) in [6.07, 6.45) is 3.30. The van der Waals surface area contributed by atoms with Gasteiger partial charge in [0.05, 0.1) is 22.9 Å². The predicted molar refractivity (Wildman–Crippen MR) is 66.8 cm³/mol. The maximum absolute atomic E-state index is 11.5. The van der Waals surface area contributed by atoms with E-state index in [0.717, 1.165) is 24.2 Å². The summed E-state index contributed by atoms with van der Waals surface area (Å²) in [5, 5.41) is 3.19. The molecule has 0 bridgehead atoms. The Bertz CT molecular complexity index is 513. The maximum atomic E-state index is 11.5. The Morgan fingerprint density at radius 3 is 2.88 bits per heavy atom. The standard InChI is InChI=1S/C11H17N3O2S/c1-8-6-12-9(2)11(13-8)14-10-4-3-5-17(15,16)7-10/h6,10H,3-5,7H2,1-2H3,(H,13,14). The van der Waals surface area contributed by atoms with Gasteiger partial charge < -0.3 is 5.32 Å². The summed E-state index contributed by atoms with van der Waals surface area (Å²) >= 11 is 0. The lowest BCUT2D eigenvalue weighted by Crippen LogP contribution is -2.35. The van der Waals surface area contributed by atoms with Crippen molar-refractivity contribution in [3.05, 3.63) is 17.6 Å². The third kappa shape index (κ3) is 3.15. The molecule has 0 spiro atoms. The van der Waals surface area contributed by atoms with Crippen LogP contribution in [0, 0.1) is 13.8 Å². The van der Waals surface area contributed by atoms with E-state index in [0.29, 0.717) is 11.6 Å². The number of anilines is 1. The molecule has 1 aromatic heterocycles. The zero-order chi connectivity index (χ0) is 12.5. The van der Waals surface area contributed by atoms with Gasteiger partial charge in [-0.3, -0.25) is 4.98 Å². The SMILES string of the molecule is Cc1cnc(C)c(NC2CCCS(=O)(=O)C2)n1. The molecule has 0 aliphatic carbocycles. The van der Waals surface area contributed by atoms with Crippen LogP contribution in [0.15, 0.2) is 6.20 Å². The molecule has 1 unspecified atom stereocenters. The molecule has 0 aromatic carbocycles. The molecule has 17 heavy (non-hydrogen) atoms. The van der Waals surface area contributed by atoms with Crippen molar-refractivity contribution in [2.75, 3.05) is 16.8 Å². The first-order valence-corrected chi connectivity index (χ1v) is 7.55. The first-order chi connectivity index (χ1) is 7.96. The fourth-order valence-electron chi connectivity index (χ4n) is 2.00. The highest BCUT2D eigenvalue weighted by Crippen LogP contribution is 2.17. The van der Waals surface area contributed by atoms with Crippen molar-refractivity contribution >= 4 is 15.7 Å². The van der Waals surface area contributed by atoms with E-state index in [1.54, 1.807) is 6.20 Å². The van der Waals surface area contributed by atoms with E-state index < -0.39 is 9.84 Å². The van der Waals surface area contributed by atoms with Crippen LogP contribution in [0.1, 0.15) is 24.2 Å². The van der Waals surface area contributed by atoms with E-state index in [9.17, 15) is 8.42 Å². The van der Waals surface area contributed by atoms with Crippen LogP contribution in [-0.4, -0.2) is 35.9 Å². The van der Waals surface area contributed by atoms with Gasteiger partial charge in [-0.2, -0.15) is 0 Å². The lowest BCUT2D eigenvalue weighted by Gasteiger charge is -2.24. The maximum Gasteiger partial charge on any atom is 0.152 e. The van der Waals surface area contributed by atoms with Gasteiger partial charge in [-0.15, -0.1) is 0 Å². The topological polar surface area (TPSA) is 72.0 Å². The highest BCUT2D eigenvalue weighted by molar-refractivity contribution is 7.91. The normalized spacial score (nSPS) is 23.3. The summed E-state index contributed by atoms with van der Waals surface area (Å²) < 4.78 is 23.1. The fourth-order valence-corrected chi connectivity index (χ4v) is 3.64. The molecule has 0 amide bonds.